The number of halogens is 3. The van der Waals surface area contributed by atoms with Crippen molar-refractivity contribution in [2.24, 2.45) is 5.92 Å². The van der Waals surface area contributed by atoms with Crippen LogP contribution in [0.15, 0.2) is 24.3 Å². The topological polar surface area (TPSA) is 64.6 Å². The molecule has 1 aromatic rings. The van der Waals surface area contributed by atoms with Crippen LogP contribution in [0.4, 0.5) is 13.2 Å². The molecule has 1 saturated carbocycles. The van der Waals surface area contributed by atoms with E-state index in [1.165, 1.54) is 19.3 Å². The van der Waals surface area contributed by atoms with Crippen LogP contribution < -0.4 is 10.1 Å². The second kappa shape index (κ2) is 8.73. The Morgan fingerprint density at radius 2 is 1.72 bits per heavy atom. The lowest BCUT2D eigenvalue weighted by Crippen LogP contribution is -2.33. The lowest BCUT2D eigenvalue weighted by atomic mass is 9.89. The van der Waals surface area contributed by atoms with Crippen molar-refractivity contribution in [2.75, 3.05) is 13.2 Å². The second-order valence-electron chi connectivity index (χ2n) is 5.96. The molecule has 2 rings (SSSR count). The van der Waals surface area contributed by atoms with Crippen molar-refractivity contribution >= 4 is 11.9 Å². The minimum Gasteiger partial charge on any atom is -0.452 e. The first kappa shape index (κ1) is 19.1. The zero-order valence-corrected chi connectivity index (χ0v) is 13.6. The lowest BCUT2D eigenvalue weighted by molar-refractivity contribution is -0.274. The molecule has 1 fully saturated rings. The molecule has 8 heteroatoms. The van der Waals surface area contributed by atoms with Gasteiger partial charge in [-0.15, -0.1) is 13.2 Å². The molecule has 5 nitrogen and oxygen atoms in total. The Morgan fingerprint density at radius 1 is 1.08 bits per heavy atom. The first-order valence-corrected chi connectivity index (χ1v) is 8.13. The highest BCUT2D eigenvalue weighted by molar-refractivity contribution is 5.91. The van der Waals surface area contributed by atoms with Crippen LogP contribution in [-0.2, 0) is 9.53 Å². The smallest absolute Gasteiger partial charge is 0.452 e. The number of hydrogen-bond acceptors (Lipinski definition) is 4. The molecule has 1 aromatic carbocycles. The van der Waals surface area contributed by atoms with Crippen molar-refractivity contribution in [1.82, 2.24) is 5.32 Å². The Hall–Kier alpha value is -2.25. The zero-order chi connectivity index (χ0) is 18.3. The Morgan fingerprint density at radius 3 is 2.32 bits per heavy atom. The molecule has 1 aliphatic carbocycles. The van der Waals surface area contributed by atoms with Crippen molar-refractivity contribution in [3.8, 4) is 5.75 Å². The Labute approximate surface area is 143 Å². The first-order chi connectivity index (χ1) is 11.8. The van der Waals surface area contributed by atoms with Crippen LogP contribution in [0, 0.1) is 5.92 Å². The predicted molar refractivity (Wildman–Crippen MR) is 83.0 cm³/mol. The minimum atomic E-state index is -4.79. The maximum absolute atomic E-state index is 12.1. The number of carbonyl (C=O) groups excluding carboxylic acids is 2. The van der Waals surface area contributed by atoms with Crippen molar-refractivity contribution in [3.63, 3.8) is 0 Å². The van der Waals surface area contributed by atoms with Gasteiger partial charge in [-0.1, -0.05) is 19.3 Å². The summed E-state index contributed by atoms with van der Waals surface area (Å²) in [6.07, 6.45) is 0.958. The lowest BCUT2D eigenvalue weighted by Gasteiger charge is -2.21. The third-order valence-electron chi connectivity index (χ3n) is 3.97. The molecule has 0 aromatic heterocycles. The third kappa shape index (κ3) is 7.03. The van der Waals surface area contributed by atoms with Crippen LogP contribution in [0.25, 0.3) is 0 Å². The number of nitrogens with one attached hydrogen (secondary N) is 1. The SMILES string of the molecule is O=C(COC(=O)c1ccc(OC(F)(F)F)cc1)NCC1CCCCC1. The summed E-state index contributed by atoms with van der Waals surface area (Å²) >= 11 is 0. The fourth-order valence-corrected chi connectivity index (χ4v) is 2.71. The summed E-state index contributed by atoms with van der Waals surface area (Å²) in [6.45, 7) is 0.145. The molecule has 0 saturated heterocycles. The molecule has 1 N–H and O–H groups in total. The number of esters is 1. The molecule has 0 unspecified atom stereocenters. The van der Waals surface area contributed by atoms with Crippen LogP contribution in [0.1, 0.15) is 42.5 Å². The van der Waals surface area contributed by atoms with Gasteiger partial charge < -0.3 is 14.8 Å². The number of hydrogen-bond donors (Lipinski definition) is 1. The van der Waals surface area contributed by atoms with Crippen molar-refractivity contribution in [3.05, 3.63) is 29.8 Å². The summed E-state index contributed by atoms with van der Waals surface area (Å²) in [4.78, 5) is 23.5. The van der Waals surface area contributed by atoms with E-state index in [9.17, 15) is 22.8 Å². The highest BCUT2D eigenvalue weighted by atomic mass is 19.4. The van der Waals surface area contributed by atoms with Gasteiger partial charge in [-0.3, -0.25) is 4.79 Å². The summed E-state index contributed by atoms with van der Waals surface area (Å²) in [5.41, 5.74) is 0.0367. The summed E-state index contributed by atoms with van der Waals surface area (Å²) in [5.74, 6) is -1.15. The summed E-state index contributed by atoms with van der Waals surface area (Å²) in [7, 11) is 0. The minimum absolute atomic E-state index is 0.0367. The quantitative estimate of drug-likeness (QED) is 0.791. The largest absolute Gasteiger partial charge is 0.573 e. The van der Waals surface area contributed by atoms with Gasteiger partial charge in [0.1, 0.15) is 5.75 Å². The molecule has 0 spiro atoms. The van der Waals surface area contributed by atoms with E-state index in [0.29, 0.717) is 12.5 Å². The second-order valence-corrected chi connectivity index (χ2v) is 5.96. The van der Waals surface area contributed by atoms with Crippen LogP contribution in [0.2, 0.25) is 0 Å². The molecule has 138 valence electrons. The van der Waals surface area contributed by atoms with E-state index in [1.807, 2.05) is 0 Å². The van der Waals surface area contributed by atoms with Crippen LogP contribution in [-0.4, -0.2) is 31.4 Å². The number of benzene rings is 1. The molecular formula is C17H20F3NO4. The molecule has 0 radical (unpaired) electrons. The highest BCUT2D eigenvalue weighted by Crippen LogP contribution is 2.23. The van der Waals surface area contributed by atoms with E-state index in [0.717, 1.165) is 37.1 Å². The van der Waals surface area contributed by atoms with E-state index in [1.54, 1.807) is 0 Å². The molecule has 1 amide bonds. The fraction of sp³-hybridized carbons (Fsp3) is 0.529. The first-order valence-electron chi connectivity index (χ1n) is 8.13. The van der Waals surface area contributed by atoms with Gasteiger partial charge in [0.15, 0.2) is 6.61 Å². The van der Waals surface area contributed by atoms with E-state index < -0.39 is 30.6 Å². The van der Waals surface area contributed by atoms with Crippen molar-refractivity contribution < 1.29 is 32.2 Å². The van der Waals surface area contributed by atoms with Gasteiger partial charge in [0.05, 0.1) is 5.56 Å². The van der Waals surface area contributed by atoms with Gasteiger partial charge in [-0.25, -0.2) is 4.79 Å². The van der Waals surface area contributed by atoms with Crippen molar-refractivity contribution in [1.29, 1.82) is 0 Å². The van der Waals surface area contributed by atoms with Crippen LogP contribution >= 0.6 is 0 Å². The molecular weight excluding hydrogens is 339 g/mol. The Bertz CT molecular complexity index is 581. The molecule has 0 aliphatic heterocycles. The molecule has 25 heavy (non-hydrogen) atoms. The van der Waals surface area contributed by atoms with Crippen LogP contribution in [0.3, 0.4) is 0 Å². The Kier molecular flexibility index (Phi) is 6.66. The van der Waals surface area contributed by atoms with Gasteiger partial charge in [0.25, 0.3) is 5.91 Å². The van der Waals surface area contributed by atoms with E-state index in [2.05, 4.69) is 10.1 Å². The predicted octanol–water partition coefficient (Wildman–Crippen LogP) is 3.44. The molecule has 1 aliphatic rings. The maximum atomic E-state index is 12.1. The molecule has 0 bridgehead atoms. The number of alkyl halides is 3. The third-order valence-corrected chi connectivity index (χ3v) is 3.97. The van der Waals surface area contributed by atoms with E-state index in [-0.39, 0.29) is 5.56 Å². The van der Waals surface area contributed by atoms with E-state index >= 15 is 0 Å². The van der Waals surface area contributed by atoms with Gasteiger partial charge >= 0.3 is 12.3 Å². The average molecular weight is 359 g/mol. The van der Waals surface area contributed by atoms with E-state index in [4.69, 9.17) is 4.74 Å². The summed E-state index contributed by atoms with van der Waals surface area (Å²) in [5, 5.41) is 2.73. The molecule has 0 heterocycles. The summed E-state index contributed by atoms with van der Waals surface area (Å²) < 4.78 is 44.7. The number of amides is 1. The van der Waals surface area contributed by atoms with Gasteiger partial charge in [0, 0.05) is 6.54 Å². The molecule has 0 atom stereocenters. The van der Waals surface area contributed by atoms with Crippen LogP contribution in [0.5, 0.6) is 5.75 Å². The number of carbonyl (C=O) groups is 2. The van der Waals surface area contributed by atoms with Crippen molar-refractivity contribution in [2.45, 2.75) is 38.5 Å². The highest BCUT2D eigenvalue weighted by Gasteiger charge is 2.31. The maximum Gasteiger partial charge on any atom is 0.573 e. The normalized spacial score (nSPS) is 15.5. The summed E-state index contributed by atoms with van der Waals surface area (Å²) in [6, 6.07) is 4.30. The average Bonchev–Trinajstić information content (AvgIpc) is 2.58. The van der Waals surface area contributed by atoms with Gasteiger partial charge in [-0.05, 0) is 43.0 Å². The Balaban J connectivity index is 1.72. The number of rotatable bonds is 6. The fourth-order valence-electron chi connectivity index (χ4n) is 2.71. The van der Waals surface area contributed by atoms with Gasteiger partial charge in [-0.2, -0.15) is 0 Å². The zero-order valence-electron chi connectivity index (χ0n) is 13.6. The number of ether oxygens (including phenoxy) is 2. The van der Waals surface area contributed by atoms with Gasteiger partial charge in [0.2, 0.25) is 0 Å². The monoisotopic (exact) mass is 359 g/mol. The standard InChI is InChI=1S/C17H20F3NO4/c18-17(19,20)25-14-8-6-13(7-9-14)16(23)24-11-15(22)21-10-12-4-2-1-3-5-12/h6-9,12H,1-5,10-11H2,(H,21,22).